The van der Waals surface area contributed by atoms with E-state index in [9.17, 15) is 14.0 Å². The van der Waals surface area contributed by atoms with E-state index in [1.54, 1.807) is 6.07 Å². The molecule has 0 unspecified atom stereocenters. The van der Waals surface area contributed by atoms with Crippen LogP contribution in [0.2, 0.25) is 0 Å². The smallest absolute Gasteiger partial charge is 0.376 e. The monoisotopic (exact) mass is 357 g/mol. The van der Waals surface area contributed by atoms with Gasteiger partial charge in [-0.1, -0.05) is 15.9 Å². The van der Waals surface area contributed by atoms with Crippen molar-refractivity contribution in [2.45, 2.75) is 0 Å². The highest BCUT2D eigenvalue weighted by Gasteiger charge is 2.28. The summed E-state index contributed by atoms with van der Waals surface area (Å²) in [5, 5.41) is 0. The van der Waals surface area contributed by atoms with Crippen molar-refractivity contribution in [3.63, 3.8) is 0 Å². The minimum absolute atomic E-state index is 0.00138. The van der Waals surface area contributed by atoms with E-state index >= 15 is 0 Å². The van der Waals surface area contributed by atoms with Gasteiger partial charge in [-0.2, -0.15) is 0 Å². The van der Waals surface area contributed by atoms with Gasteiger partial charge in [0.15, 0.2) is 0 Å². The number of oxazole rings is 1. The normalized spacial score (nSPS) is 10.3. The van der Waals surface area contributed by atoms with E-state index in [-0.39, 0.29) is 17.1 Å². The van der Waals surface area contributed by atoms with Gasteiger partial charge in [0.25, 0.3) is 0 Å². The SMILES string of the molecule is COC(=O)c1nc(-c2ccc(Br)cc2F)oc1C(=O)OC. The first kappa shape index (κ1) is 15.2. The van der Waals surface area contributed by atoms with Crippen molar-refractivity contribution < 1.29 is 27.9 Å². The first-order valence-corrected chi connectivity index (χ1v) is 6.40. The van der Waals surface area contributed by atoms with Gasteiger partial charge < -0.3 is 13.9 Å². The molecule has 0 spiro atoms. The molecule has 1 heterocycles. The molecule has 0 bridgehead atoms. The number of carbonyl (C=O) groups is 2. The molecular weight excluding hydrogens is 349 g/mol. The highest BCUT2D eigenvalue weighted by Crippen LogP contribution is 2.27. The molecule has 0 aliphatic heterocycles. The Balaban J connectivity index is 2.58. The maximum absolute atomic E-state index is 13.9. The fourth-order valence-electron chi connectivity index (χ4n) is 1.56. The number of methoxy groups -OCH3 is 2. The van der Waals surface area contributed by atoms with Crippen molar-refractivity contribution in [3.05, 3.63) is 39.9 Å². The molecule has 0 aliphatic rings. The Morgan fingerprint density at radius 3 is 2.48 bits per heavy atom. The highest BCUT2D eigenvalue weighted by molar-refractivity contribution is 9.10. The molecule has 0 saturated carbocycles. The third-order valence-electron chi connectivity index (χ3n) is 2.54. The summed E-state index contributed by atoms with van der Waals surface area (Å²) in [6.07, 6.45) is 0. The Morgan fingerprint density at radius 1 is 1.24 bits per heavy atom. The number of rotatable bonds is 3. The summed E-state index contributed by atoms with van der Waals surface area (Å²) in [6, 6.07) is 4.17. The Morgan fingerprint density at radius 2 is 1.90 bits per heavy atom. The first-order valence-electron chi connectivity index (χ1n) is 5.60. The number of carbonyl (C=O) groups excluding carboxylic acids is 2. The number of halogens is 2. The zero-order valence-electron chi connectivity index (χ0n) is 11.0. The fourth-order valence-corrected chi connectivity index (χ4v) is 1.90. The summed E-state index contributed by atoms with van der Waals surface area (Å²) in [7, 11) is 2.24. The molecule has 1 aromatic heterocycles. The molecule has 0 radical (unpaired) electrons. The number of esters is 2. The zero-order chi connectivity index (χ0) is 15.6. The molecule has 21 heavy (non-hydrogen) atoms. The topological polar surface area (TPSA) is 78.6 Å². The number of benzene rings is 1. The van der Waals surface area contributed by atoms with Crippen LogP contribution in [0, 0.1) is 5.82 Å². The average Bonchev–Trinajstić information content (AvgIpc) is 2.90. The molecule has 8 heteroatoms. The summed E-state index contributed by atoms with van der Waals surface area (Å²) in [5.74, 6) is -3.09. The molecule has 2 rings (SSSR count). The minimum Gasteiger partial charge on any atom is -0.464 e. The number of hydrogen-bond acceptors (Lipinski definition) is 6. The minimum atomic E-state index is -0.910. The molecule has 6 nitrogen and oxygen atoms in total. The van der Waals surface area contributed by atoms with Gasteiger partial charge in [-0.15, -0.1) is 0 Å². The Labute approximate surface area is 127 Å². The van der Waals surface area contributed by atoms with Crippen LogP contribution in [0.1, 0.15) is 21.0 Å². The van der Waals surface area contributed by atoms with E-state index in [1.807, 2.05) is 0 Å². The number of ether oxygens (including phenoxy) is 2. The summed E-state index contributed by atoms with van der Waals surface area (Å²) < 4.78 is 28.5. The number of nitrogens with zero attached hydrogens (tertiary/aromatic N) is 1. The molecule has 110 valence electrons. The fraction of sp³-hybridized carbons (Fsp3) is 0.154. The molecule has 0 fully saturated rings. The summed E-state index contributed by atoms with van der Waals surface area (Å²) in [5.41, 5.74) is -0.375. The maximum atomic E-state index is 13.9. The van der Waals surface area contributed by atoms with Crippen LogP contribution in [0.4, 0.5) is 4.39 Å². The summed E-state index contributed by atoms with van der Waals surface area (Å²) in [4.78, 5) is 27.0. The first-order chi connectivity index (χ1) is 9.97. The van der Waals surface area contributed by atoms with Crippen LogP contribution < -0.4 is 0 Å². The lowest BCUT2D eigenvalue weighted by Crippen LogP contribution is -2.10. The molecule has 0 amide bonds. The standard InChI is InChI=1S/C13H9BrFNO5/c1-19-12(17)9-10(13(18)20-2)21-11(16-9)7-4-3-6(14)5-8(7)15/h3-5H,1-2H3. The predicted molar refractivity (Wildman–Crippen MR) is 72.3 cm³/mol. The van der Waals surface area contributed by atoms with Gasteiger partial charge in [-0.25, -0.2) is 19.0 Å². The van der Waals surface area contributed by atoms with E-state index in [1.165, 1.54) is 12.1 Å². The Bertz CT molecular complexity index is 679. The lowest BCUT2D eigenvalue weighted by molar-refractivity contribution is 0.0527. The molecule has 0 aliphatic carbocycles. The second kappa shape index (κ2) is 6.04. The predicted octanol–water partition coefficient (Wildman–Crippen LogP) is 2.82. The third kappa shape index (κ3) is 2.94. The van der Waals surface area contributed by atoms with Crippen LogP contribution in [-0.2, 0) is 9.47 Å². The molecule has 1 aromatic carbocycles. The van der Waals surface area contributed by atoms with Gasteiger partial charge in [0, 0.05) is 4.47 Å². The van der Waals surface area contributed by atoms with Crippen molar-refractivity contribution >= 4 is 27.9 Å². The Hall–Kier alpha value is -2.22. The number of hydrogen-bond donors (Lipinski definition) is 0. The third-order valence-corrected chi connectivity index (χ3v) is 3.03. The molecule has 0 atom stereocenters. The van der Waals surface area contributed by atoms with Crippen LogP contribution in [0.5, 0.6) is 0 Å². The van der Waals surface area contributed by atoms with E-state index in [0.717, 1.165) is 14.2 Å². The van der Waals surface area contributed by atoms with E-state index in [0.29, 0.717) is 4.47 Å². The van der Waals surface area contributed by atoms with Gasteiger partial charge in [0.1, 0.15) is 5.82 Å². The van der Waals surface area contributed by atoms with Crippen LogP contribution in [0.15, 0.2) is 27.1 Å². The second-order valence-corrected chi connectivity index (χ2v) is 4.72. The van der Waals surface area contributed by atoms with Gasteiger partial charge in [0.05, 0.1) is 19.8 Å². The van der Waals surface area contributed by atoms with Crippen molar-refractivity contribution in [3.8, 4) is 11.5 Å². The van der Waals surface area contributed by atoms with Crippen molar-refractivity contribution in [2.75, 3.05) is 14.2 Å². The zero-order valence-corrected chi connectivity index (χ0v) is 12.6. The van der Waals surface area contributed by atoms with E-state index in [4.69, 9.17) is 4.42 Å². The largest absolute Gasteiger partial charge is 0.464 e. The Kier molecular flexibility index (Phi) is 4.37. The summed E-state index contributed by atoms with van der Waals surface area (Å²) in [6.45, 7) is 0. The van der Waals surface area contributed by atoms with Gasteiger partial charge in [0.2, 0.25) is 17.3 Å². The van der Waals surface area contributed by atoms with Crippen LogP contribution >= 0.6 is 15.9 Å². The van der Waals surface area contributed by atoms with Crippen molar-refractivity contribution in [1.29, 1.82) is 0 Å². The summed E-state index contributed by atoms with van der Waals surface area (Å²) >= 11 is 3.12. The van der Waals surface area contributed by atoms with Crippen LogP contribution in [0.25, 0.3) is 11.5 Å². The second-order valence-electron chi connectivity index (χ2n) is 3.80. The molecule has 2 aromatic rings. The molecular formula is C13H9BrFNO5. The average molecular weight is 358 g/mol. The van der Waals surface area contributed by atoms with Crippen molar-refractivity contribution in [2.24, 2.45) is 0 Å². The van der Waals surface area contributed by atoms with Gasteiger partial charge >= 0.3 is 11.9 Å². The van der Waals surface area contributed by atoms with Crippen LogP contribution in [-0.4, -0.2) is 31.1 Å². The highest BCUT2D eigenvalue weighted by atomic mass is 79.9. The maximum Gasteiger partial charge on any atom is 0.376 e. The molecule has 0 N–H and O–H groups in total. The van der Waals surface area contributed by atoms with Crippen molar-refractivity contribution in [1.82, 2.24) is 4.98 Å². The van der Waals surface area contributed by atoms with Gasteiger partial charge in [-0.05, 0) is 18.2 Å². The van der Waals surface area contributed by atoms with Gasteiger partial charge in [-0.3, -0.25) is 0 Å². The van der Waals surface area contributed by atoms with Crippen LogP contribution in [0.3, 0.4) is 0 Å². The number of aromatic nitrogens is 1. The van der Waals surface area contributed by atoms with E-state index < -0.39 is 23.5 Å². The lowest BCUT2D eigenvalue weighted by atomic mass is 10.2. The lowest BCUT2D eigenvalue weighted by Gasteiger charge is -1.98. The van der Waals surface area contributed by atoms with E-state index in [2.05, 4.69) is 30.4 Å². The quantitative estimate of drug-likeness (QED) is 0.786. The molecule has 0 saturated heterocycles.